The maximum Gasteiger partial charge on any atom is 0.242 e. The fraction of sp³-hybridized carbons (Fsp3) is 0.533. The van der Waals surface area contributed by atoms with E-state index < -0.39 is 48.6 Å². The molecule has 0 saturated carbocycles. The van der Waals surface area contributed by atoms with Crippen LogP contribution in [0.4, 0.5) is 5.69 Å². The fourth-order valence-electron chi connectivity index (χ4n) is 3.27. The monoisotopic (exact) mass is 476 g/mol. The van der Waals surface area contributed by atoms with Crippen LogP contribution in [0.15, 0.2) is 21.9 Å². The Morgan fingerprint density at radius 2 is 1.94 bits per heavy atom. The molecular weight excluding hydrogens is 452 g/mol. The number of aromatic amines is 1. The number of primary sulfonamides is 1. The van der Waals surface area contributed by atoms with Gasteiger partial charge in [0.25, 0.3) is 0 Å². The third-order valence-corrected chi connectivity index (χ3v) is 7.42. The lowest BCUT2D eigenvalue weighted by atomic mass is 10.0. The third-order valence-electron chi connectivity index (χ3n) is 4.83. The zero-order chi connectivity index (χ0) is 22.8. The Balaban J connectivity index is 2.21. The van der Waals surface area contributed by atoms with Crippen LogP contribution in [0.2, 0.25) is 0 Å². The molecule has 172 valence electrons. The summed E-state index contributed by atoms with van der Waals surface area (Å²) in [5.74, 6) is -0.163. The molecule has 14 nitrogen and oxygen atoms in total. The van der Waals surface area contributed by atoms with Gasteiger partial charge in [0.05, 0.1) is 17.8 Å². The summed E-state index contributed by atoms with van der Waals surface area (Å²) in [6, 6.07) is 2.53. The number of nitrogens with zero attached hydrogens (tertiary/aromatic N) is 4. The SMILES string of the molecule is NCC(O)CNS(=O)(=O)c1ccc(N2CCC(O)CC2)c(-c2nn[nH]n2)c1S(N)(=O)=O. The van der Waals surface area contributed by atoms with Crippen molar-refractivity contribution < 1.29 is 27.0 Å². The molecular formula is C15H24N8O6S2. The normalized spacial score (nSPS) is 17.1. The van der Waals surface area contributed by atoms with Crippen molar-refractivity contribution in [1.82, 2.24) is 25.3 Å². The molecule has 0 bridgehead atoms. The number of H-pyrrole nitrogens is 1. The van der Waals surface area contributed by atoms with Gasteiger partial charge in [-0.05, 0) is 30.2 Å². The van der Waals surface area contributed by atoms with Crippen LogP contribution in [0.1, 0.15) is 12.8 Å². The Morgan fingerprint density at radius 1 is 1.26 bits per heavy atom. The molecule has 0 aliphatic carbocycles. The molecule has 1 aliphatic heterocycles. The van der Waals surface area contributed by atoms with Gasteiger partial charge in [-0.2, -0.15) is 5.21 Å². The van der Waals surface area contributed by atoms with E-state index in [-0.39, 0.29) is 17.9 Å². The Morgan fingerprint density at radius 3 is 2.48 bits per heavy atom. The summed E-state index contributed by atoms with van der Waals surface area (Å²) in [7, 11) is -9.01. The molecule has 16 heteroatoms. The van der Waals surface area contributed by atoms with Crippen molar-refractivity contribution in [2.24, 2.45) is 10.9 Å². The van der Waals surface area contributed by atoms with Crippen LogP contribution in [0, 0.1) is 0 Å². The summed E-state index contributed by atoms with van der Waals surface area (Å²) in [4.78, 5) is 0.460. The molecule has 1 aromatic carbocycles. The van der Waals surface area contributed by atoms with Crippen LogP contribution >= 0.6 is 0 Å². The molecule has 3 rings (SSSR count). The first-order valence-corrected chi connectivity index (χ1v) is 12.3. The average molecular weight is 477 g/mol. The minimum atomic E-state index is -4.59. The van der Waals surface area contributed by atoms with Crippen LogP contribution in [-0.2, 0) is 20.0 Å². The highest BCUT2D eigenvalue weighted by Gasteiger charge is 2.33. The summed E-state index contributed by atoms with van der Waals surface area (Å²) in [5, 5.41) is 38.1. The molecule has 2 heterocycles. The molecule has 0 amide bonds. The summed E-state index contributed by atoms with van der Waals surface area (Å²) < 4.78 is 53.0. The standard InChI is InChI=1S/C15H24N8O6S2/c16-7-10(25)8-18-31(28,29)12-2-1-11(23-5-3-9(24)4-6-23)13(14(12)30(17,26)27)15-19-21-22-20-15/h1-2,9-10,18,24-25H,3-8,16H2,(H2,17,26,27)(H,19,20,21,22). The molecule has 0 spiro atoms. The highest BCUT2D eigenvalue weighted by atomic mass is 32.2. The maximum absolute atomic E-state index is 12.9. The second-order valence-electron chi connectivity index (χ2n) is 7.03. The maximum atomic E-state index is 12.9. The van der Waals surface area contributed by atoms with Crippen molar-refractivity contribution in [1.29, 1.82) is 0 Å². The quantitative estimate of drug-likeness (QED) is 0.226. The lowest BCUT2D eigenvalue weighted by Gasteiger charge is -2.33. The van der Waals surface area contributed by atoms with Crippen molar-refractivity contribution in [2.45, 2.75) is 34.8 Å². The van der Waals surface area contributed by atoms with Gasteiger partial charge in [0.2, 0.25) is 25.9 Å². The fourth-order valence-corrected chi connectivity index (χ4v) is 5.94. The first kappa shape index (κ1) is 23.5. The van der Waals surface area contributed by atoms with E-state index in [2.05, 4.69) is 25.3 Å². The predicted molar refractivity (Wildman–Crippen MR) is 109 cm³/mol. The van der Waals surface area contributed by atoms with E-state index in [1.54, 1.807) is 4.90 Å². The predicted octanol–water partition coefficient (Wildman–Crippen LogP) is -2.93. The third kappa shape index (κ3) is 5.17. The smallest absolute Gasteiger partial charge is 0.242 e. The highest BCUT2D eigenvalue weighted by molar-refractivity contribution is 7.92. The number of hydrogen-bond acceptors (Lipinski definition) is 11. The molecule has 8 N–H and O–H groups in total. The van der Waals surface area contributed by atoms with E-state index in [1.807, 2.05) is 0 Å². The molecule has 2 aromatic rings. The molecule has 0 radical (unpaired) electrons. The van der Waals surface area contributed by atoms with Crippen LogP contribution in [-0.4, -0.2) is 86.1 Å². The Labute approximate surface area is 178 Å². The summed E-state index contributed by atoms with van der Waals surface area (Å²) in [5.41, 5.74) is 5.49. The van der Waals surface area contributed by atoms with Gasteiger partial charge in [0.15, 0.2) is 0 Å². The van der Waals surface area contributed by atoms with Crippen LogP contribution in [0.25, 0.3) is 11.4 Å². The second-order valence-corrected chi connectivity index (χ2v) is 10.3. The van der Waals surface area contributed by atoms with Crippen molar-refractivity contribution >= 4 is 25.7 Å². The van der Waals surface area contributed by atoms with Gasteiger partial charge in [-0.1, -0.05) is 0 Å². The summed E-state index contributed by atoms with van der Waals surface area (Å²) in [6.07, 6.45) is -0.770. The van der Waals surface area contributed by atoms with Crippen LogP contribution in [0.5, 0.6) is 0 Å². The van der Waals surface area contributed by atoms with Gasteiger partial charge in [-0.15, -0.1) is 10.2 Å². The lowest BCUT2D eigenvalue weighted by Crippen LogP contribution is -2.38. The Hall–Kier alpha value is -2.21. The molecule has 1 aliphatic rings. The number of hydrogen-bond donors (Lipinski definition) is 6. The van der Waals surface area contributed by atoms with E-state index in [0.29, 0.717) is 31.6 Å². The minimum Gasteiger partial charge on any atom is -0.393 e. The summed E-state index contributed by atoms with van der Waals surface area (Å²) >= 11 is 0. The van der Waals surface area contributed by atoms with Crippen molar-refractivity contribution in [2.75, 3.05) is 31.1 Å². The molecule has 1 fully saturated rings. The number of benzene rings is 1. The second kappa shape index (κ2) is 9.11. The van der Waals surface area contributed by atoms with Crippen LogP contribution < -0.4 is 20.5 Å². The number of sulfonamides is 2. The van der Waals surface area contributed by atoms with E-state index in [4.69, 9.17) is 10.9 Å². The topological polar surface area (TPSA) is 231 Å². The van der Waals surface area contributed by atoms with Gasteiger partial charge < -0.3 is 20.8 Å². The Bertz CT molecular complexity index is 1110. The van der Waals surface area contributed by atoms with Crippen molar-refractivity contribution in [3.63, 3.8) is 0 Å². The zero-order valence-electron chi connectivity index (χ0n) is 16.3. The average Bonchev–Trinajstić information content (AvgIpc) is 3.25. The highest BCUT2D eigenvalue weighted by Crippen LogP contribution is 2.39. The Kier molecular flexibility index (Phi) is 6.89. The van der Waals surface area contributed by atoms with Gasteiger partial charge in [-0.25, -0.2) is 26.7 Å². The number of aromatic nitrogens is 4. The number of tetrazole rings is 1. The number of nitrogens with two attached hydrogens (primary N) is 2. The first-order chi connectivity index (χ1) is 14.5. The van der Waals surface area contributed by atoms with E-state index in [9.17, 15) is 27.0 Å². The first-order valence-electron chi connectivity index (χ1n) is 9.29. The van der Waals surface area contributed by atoms with Crippen molar-refractivity contribution in [3.8, 4) is 11.4 Å². The number of anilines is 1. The summed E-state index contributed by atoms with van der Waals surface area (Å²) in [6.45, 7) is 0.164. The minimum absolute atomic E-state index is 0.130. The van der Waals surface area contributed by atoms with Gasteiger partial charge >= 0.3 is 0 Å². The van der Waals surface area contributed by atoms with Crippen molar-refractivity contribution in [3.05, 3.63) is 12.1 Å². The molecule has 1 unspecified atom stereocenters. The van der Waals surface area contributed by atoms with Gasteiger partial charge in [0.1, 0.15) is 9.79 Å². The molecule has 1 aromatic heterocycles. The largest absolute Gasteiger partial charge is 0.393 e. The number of aliphatic hydroxyl groups is 2. The number of nitrogens with one attached hydrogen (secondary N) is 2. The van der Waals surface area contributed by atoms with E-state index >= 15 is 0 Å². The number of aliphatic hydroxyl groups excluding tert-OH is 2. The van der Waals surface area contributed by atoms with Gasteiger partial charge in [0, 0.05) is 31.9 Å². The number of rotatable bonds is 8. The molecule has 31 heavy (non-hydrogen) atoms. The molecule has 1 atom stereocenters. The van der Waals surface area contributed by atoms with E-state index in [0.717, 1.165) is 6.07 Å². The number of piperidine rings is 1. The van der Waals surface area contributed by atoms with E-state index in [1.165, 1.54) is 6.07 Å². The zero-order valence-corrected chi connectivity index (χ0v) is 18.0. The van der Waals surface area contributed by atoms with Crippen LogP contribution in [0.3, 0.4) is 0 Å². The molecule has 1 saturated heterocycles. The lowest BCUT2D eigenvalue weighted by molar-refractivity contribution is 0.145. The van der Waals surface area contributed by atoms with Gasteiger partial charge in [-0.3, -0.25) is 0 Å².